The summed E-state index contributed by atoms with van der Waals surface area (Å²) < 4.78 is 0.713. The van der Waals surface area contributed by atoms with E-state index in [1.165, 1.54) is 30.6 Å². The average Bonchev–Trinajstić information content (AvgIpc) is 2.75. The third-order valence-corrected chi connectivity index (χ3v) is 4.67. The van der Waals surface area contributed by atoms with Crippen molar-refractivity contribution in [1.82, 2.24) is 15.3 Å². The van der Waals surface area contributed by atoms with Crippen molar-refractivity contribution in [3.05, 3.63) is 27.6 Å². The molecule has 4 nitrogen and oxygen atoms in total. The summed E-state index contributed by atoms with van der Waals surface area (Å²) >= 11 is 1.44. The van der Waals surface area contributed by atoms with Crippen LogP contribution in [-0.2, 0) is 6.54 Å². The smallest absolute Gasteiger partial charge is 0.268 e. The van der Waals surface area contributed by atoms with Crippen molar-refractivity contribution >= 4 is 21.6 Å². The van der Waals surface area contributed by atoms with Gasteiger partial charge in [0.05, 0.1) is 12.1 Å². The minimum Gasteiger partial charge on any atom is -0.309 e. The lowest BCUT2D eigenvalue weighted by molar-refractivity contribution is 0.156. The van der Waals surface area contributed by atoms with Crippen LogP contribution in [0.5, 0.6) is 0 Å². The Hall–Kier alpha value is -1.20. The third-order valence-electron chi connectivity index (χ3n) is 3.77. The minimum absolute atomic E-state index is 0.0262. The number of aromatic nitrogens is 2. The number of thiophene rings is 1. The molecule has 1 aliphatic rings. The van der Waals surface area contributed by atoms with Gasteiger partial charge in [-0.25, -0.2) is 4.98 Å². The molecule has 0 radical (unpaired) electrons. The van der Waals surface area contributed by atoms with Crippen molar-refractivity contribution < 1.29 is 0 Å². The number of hydrogen-bond donors (Lipinski definition) is 2. The molecule has 18 heavy (non-hydrogen) atoms. The van der Waals surface area contributed by atoms with E-state index < -0.39 is 0 Å². The Morgan fingerprint density at radius 1 is 1.56 bits per heavy atom. The van der Waals surface area contributed by atoms with E-state index in [4.69, 9.17) is 0 Å². The van der Waals surface area contributed by atoms with Gasteiger partial charge in [-0.3, -0.25) is 4.79 Å². The lowest BCUT2D eigenvalue weighted by Crippen LogP contribution is -2.37. The van der Waals surface area contributed by atoms with Crippen LogP contribution < -0.4 is 10.9 Å². The minimum atomic E-state index is -0.0262. The molecule has 0 amide bonds. The summed E-state index contributed by atoms with van der Waals surface area (Å²) in [6.07, 6.45) is 3.94. The van der Waals surface area contributed by atoms with Gasteiger partial charge < -0.3 is 10.3 Å². The molecule has 0 aliphatic heterocycles. The monoisotopic (exact) mass is 263 g/mol. The molecule has 2 N–H and O–H groups in total. The first-order valence-electron chi connectivity index (χ1n) is 6.33. The van der Waals surface area contributed by atoms with E-state index in [1.807, 2.05) is 11.4 Å². The van der Waals surface area contributed by atoms with Crippen LogP contribution in [-0.4, -0.2) is 16.5 Å². The zero-order valence-corrected chi connectivity index (χ0v) is 11.3. The van der Waals surface area contributed by atoms with Gasteiger partial charge in [-0.1, -0.05) is 13.3 Å². The molecule has 0 unspecified atom stereocenters. The van der Waals surface area contributed by atoms with Crippen LogP contribution in [0, 0.1) is 5.41 Å². The summed E-state index contributed by atoms with van der Waals surface area (Å²) in [6.45, 7) is 3.94. The molecule has 1 fully saturated rings. The fourth-order valence-electron chi connectivity index (χ4n) is 2.45. The Balaban J connectivity index is 1.69. The number of rotatable bonds is 4. The van der Waals surface area contributed by atoms with Crippen LogP contribution in [0.4, 0.5) is 0 Å². The fraction of sp³-hybridized carbons (Fsp3) is 0.538. The van der Waals surface area contributed by atoms with E-state index in [9.17, 15) is 4.79 Å². The molecule has 1 aliphatic carbocycles. The van der Waals surface area contributed by atoms with Gasteiger partial charge in [-0.2, -0.15) is 0 Å². The molecule has 0 atom stereocenters. The van der Waals surface area contributed by atoms with Crippen molar-refractivity contribution in [3.8, 4) is 0 Å². The molecule has 0 bridgehead atoms. The van der Waals surface area contributed by atoms with Gasteiger partial charge in [0.2, 0.25) is 0 Å². The number of hydrogen-bond acceptors (Lipinski definition) is 4. The highest BCUT2D eigenvalue weighted by Crippen LogP contribution is 2.39. The van der Waals surface area contributed by atoms with Crippen molar-refractivity contribution in [1.29, 1.82) is 0 Å². The lowest BCUT2D eigenvalue weighted by Gasteiger charge is -2.38. The maximum absolute atomic E-state index is 11.8. The molecular formula is C13H17N3OS. The second-order valence-corrected chi connectivity index (χ2v) is 6.33. The first-order chi connectivity index (χ1) is 8.66. The van der Waals surface area contributed by atoms with Crippen LogP contribution in [0.3, 0.4) is 0 Å². The Bertz CT molecular complexity index is 612. The summed E-state index contributed by atoms with van der Waals surface area (Å²) in [6, 6.07) is 1.89. The lowest BCUT2D eigenvalue weighted by atomic mass is 9.70. The largest absolute Gasteiger partial charge is 0.309 e. The summed E-state index contributed by atoms with van der Waals surface area (Å²) in [7, 11) is 0. The van der Waals surface area contributed by atoms with Gasteiger partial charge in [-0.05, 0) is 29.7 Å². The van der Waals surface area contributed by atoms with Crippen LogP contribution in [0.25, 0.3) is 10.2 Å². The second-order valence-electron chi connectivity index (χ2n) is 5.42. The molecule has 2 heterocycles. The van der Waals surface area contributed by atoms with Gasteiger partial charge >= 0.3 is 0 Å². The van der Waals surface area contributed by atoms with Crippen LogP contribution in [0.15, 0.2) is 16.2 Å². The SMILES string of the molecule is CC1(CNCc2nc3ccsc3c(=O)[nH]2)CCC1. The third kappa shape index (κ3) is 2.20. The van der Waals surface area contributed by atoms with Crippen molar-refractivity contribution in [3.63, 3.8) is 0 Å². The first-order valence-corrected chi connectivity index (χ1v) is 7.21. The van der Waals surface area contributed by atoms with Crippen LogP contribution in [0.2, 0.25) is 0 Å². The molecule has 3 rings (SSSR count). The first kappa shape index (κ1) is 11.9. The molecule has 2 aromatic rings. The van der Waals surface area contributed by atoms with E-state index in [1.54, 1.807) is 0 Å². The zero-order valence-electron chi connectivity index (χ0n) is 10.5. The molecular weight excluding hydrogens is 246 g/mol. The van der Waals surface area contributed by atoms with E-state index in [0.29, 0.717) is 16.7 Å². The predicted molar refractivity (Wildman–Crippen MR) is 73.9 cm³/mol. The summed E-state index contributed by atoms with van der Waals surface area (Å²) in [5.41, 5.74) is 1.23. The van der Waals surface area contributed by atoms with Gasteiger partial charge in [0.25, 0.3) is 5.56 Å². The molecule has 2 aromatic heterocycles. The zero-order chi connectivity index (χ0) is 12.6. The maximum atomic E-state index is 11.8. The van der Waals surface area contributed by atoms with Crippen molar-refractivity contribution in [2.45, 2.75) is 32.7 Å². The molecule has 96 valence electrons. The fourth-order valence-corrected chi connectivity index (χ4v) is 3.17. The number of aromatic amines is 1. The highest BCUT2D eigenvalue weighted by Gasteiger charge is 2.30. The summed E-state index contributed by atoms with van der Waals surface area (Å²) in [5.74, 6) is 0.730. The molecule has 0 saturated heterocycles. The van der Waals surface area contributed by atoms with Gasteiger partial charge in [0.1, 0.15) is 10.5 Å². The number of fused-ring (bicyclic) bond motifs is 1. The molecule has 0 aromatic carbocycles. The molecule has 1 saturated carbocycles. The standard InChI is InChI=1S/C13H17N3OS/c1-13(4-2-5-13)8-14-7-10-15-9-3-6-18-11(9)12(17)16-10/h3,6,14H,2,4-5,7-8H2,1H3,(H,15,16,17). The topological polar surface area (TPSA) is 57.8 Å². The summed E-state index contributed by atoms with van der Waals surface area (Å²) in [5, 5.41) is 5.30. The maximum Gasteiger partial charge on any atom is 0.268 e. The predicted octanol–water partition coefficient (Wildman–Crippen LogP) is 2.26. The van der Waals surface area contributed by atoms with Crippen LogP contribution in [0.1, 0.15) is 32.0 Å². The molecule has 0 spiro atoms. The van der Waals surface area contributed by atoms with Crippen LogP contribution >= 0.6 is 11.3 Å². The van der Waals surface area contributed by atoms with Crippen molar-refractivity contribution in [2.75, 3.05) is 6.54 Å². The second kappa shape index (κ2) is 4.48. The quantitative estimate of drug-likeness (QED) is 0.889. The van der Waals surface area contributed by atoms with E-state index >= 15 is 0 Å². The van der Waals surface area contributed by atoms with E-state index in [-0.39, 0.29) is 5.56 Å². The Morgan fingerprint density at radius 2 is 2.39 bits per heavy atom. The number of nitrogens with one attached hydrogen (secondary N) is 2. The van der Waals surface area contributed by atoms with Gasteiger partial charge in [-0.15, -0.1) is 11.3 Å². The summed E-state index contributed by atoms with van der Waals surface area (Å²) in [4.78, 5) is 19.1. The average molecular weight is 263 g/mol. The van der Waals surface area contributed by atoms with E-state index in [0.717, 1.165) is 17.9 Å². The Labute approximate surface area is 109 Å². The number of nitrogens with zero attached hydrogens (tertiary/aromatic N) is 1. The normalized spacial score (nSPS) is 17.8. The number of H-pyrrole nitrogens is 1. The molecule has 5 heteroatoms. The van der Waals surface area contributed by atoms with E-state index in [2.05, 4.69) is 22.2 Å². The van der Waals surface area contributed by atoms with Crippen molar-refractivity contribution in [2.24, 2.45) is 5.41 Å². The highest BCUT2D eigenvalue weighted by molar-refractivity contribution is 7.17. The highest BCUT2D eigenvalue weighted by atomic mass is 32.1. The Morgan fingerprint density at radius 3 is 3.11 bits per heavy atom. The van der Waals surface area contributed by atoms with Gasteiger partial charge in [0, 0.05) is 6.54 Å². The van der Waals surface area contributed by atoms with Gasteiger partial charge in [0.15, 0.2) is 0 Å². The Kier molecular flexibility index (Phi) is 2.95.